The molecule has 4 rings (SSSR count). The summed E-state index contributed by atoms with van der Waals surface area (Å²) >= 11 is 7.47. The second-order valence-corrected chi connectivity index (χ2v) is 6.76. The van der Waals surface area contributed by atoms with Gasteiger partial charge in [0.25, 0.3) is 11.5 Å². The van der Waals surface area contributed by atoms with E-state index in [2.05, 4.69) is 15.4 Å². The van der Waals surface area contributed by atoms with Crippen LogP contribution in [0.5, 0.6) is 0 Å². The molecule has 0 unspecified atom stereocenters. The lowest BCUT2D eigenvalue weighted by molar-refractivity contribution is 0.102. The Labute approximate surface area is 156 Å². The third-order valence-electron chi connectivity index (χ3n) is 3.76. The lowest BCUT2D eigenvalue weighted by Gasteiger charge is -2.04. The molecule has 1 amide bonds. The first-order chi connectivity index (χ1) is 12.6. The van der Waals surface area contributed by atoms with E-state index in [1.54, 1.807) is 28.5 Å². The van der Waals surface area contributed by atoms with Gasteiger partial charge >= 0.3 is 0 Å². The van der Waals surface area contributed by atoms with Crippen LogP contribution in [0.3, 0.4) is 0 Å². The summed E-state index contributed by atoms with van der Waals surface area (Å²) in [6.45, 7) is 0.473. The van der Waals surface area contributed by atoms with Crippen LogP contribution in [0.15, 0.2) is 59.1 Å². The molecule has 0 saturated carbocycles. The molecule has 0 bridgehead atoms. The highest BCUT2D eigenvalue weighted by Crippen LogP contribution is 2.16. The van der Waals surface area contributed by atoms with Crippen LogP contribution in [0.1, 0.15) is 15.9 Å². The van der Waals surface area contributed by atoms with Crippen LogP contribution < -0.4 is 10.9 Å². The minimum atomic E-state index is -0.550. The average molecular weight is 386 g/mol. The summed E-state index contributed by atoms with van der Waals surface area (Å²) in [5, 5.41) is 9.30. The van der Waals surface area contributed by atoms with Gasteiger partial charge in [-0.1, -0.05) is 29.8 Å². The summed E-state index contributed by atoms with van der Waals surface area (Å²) in [4.78, 5) is 29.4. The van der Waals surface area contributed by atoms with Gasteiger partial charge in [-0.05, 0) is 11.6 Å². The highest BCUT2D eigenvalue weighted by Gasteiger charge is 2.15. The van der Waals surface area contributed by atoms with Gasteiger partial charge < -0.3 is 5.32 Å². The number of halogens is 1. The molecular weight excluding hydrogens is 374 g/mol. The molecule has 0 aliphatic carbocycles. The number of rotatable bonds is 4. The Hall–Kier alpha value is -2.97. The van der Waals surface area contributed by atoms with Crippen LogP contribution >= 0.6 is 22.9 Å². The van der Waals surface area contributed by atoms with Gasteiger partial charge in [0.05, 0.1) is 6.54 Å². The fourth-order valence-electron chi connectivity index (χ4n) is 2.48. The van der Waals surface area contributed by atoms with E-state index in [4.69, 9.17) is 11.6 Å². The van der Waals surface area contributed by atoms with Crippen molar-refractivity contribution >= 4 is 39.6 Å². The van der Waals surface area contributed by atoms with Crippen molar-refractivity contribution in [3.63, 3.8) is 0 Å². The van der Waals surface area contributed by atoms with Crippen molar-refractivity contribution in [2.24, 2.45) is 0 Å². The molecule has 0 saturated heterocycles. The number of aromatic nitrogens is 4. The fourth-order valence-corrected chi connectivity index (χ4v) is 3.35. The van der Waals surface area contributed by atoms with Gasteiger partial charge in [-0.2, -0.15) is 5.10 Å². The zero-order valence-corrected chi connectivity index (χ0v) is 14.9. The molecule has 1 N–H and O–H groups in total. The molecule has 0 aliphatic rings. The Balaban J connectivity index is 1.53. The molecule has 4 aromatic rings. The first-order valence-corrected chi connectivity index (χ1v) is 8.90. The molecule has 0 atom stereocenters. The number of nitrogens with one attached hydrogen (secondary N) is 1. The number of nitrogens with zero attached hydrogens (tertiary/aromatic N) is 4. The van der Waals surface area contributed by atoms with Gasteiger partial charge in [-0.25, -0.2) is 4.98 Å². The molecule has 7 nitrogen and oxygen atoms in total. The van der Waals surface area contributed by atoms with Gasteiger partial charge in [0.1, 0.15) is 5.56 Å². The molecule has 1 aromatic carbocycles. The molecule has 0 radical (unpaired) electrons. The zero-order chi connectivity index (χ0) is 18.1. The second-order valence-electron chi connectivity index (χ2n) is 5.48. The zero-order valence-electron chi connectivity index (χ0n) is 13.3. The number of hydrogen-bond donors (Lipinski definition) is 1. The molecule has 130 valence electrons. The third kappa shape index (κ3) is 3.12. The number of amides is 1. The molecule has 0 fully saturated rings. The average Bonchev–Trinajstić information content (AvgIpc) is 3.27. The normalized spacial score (nSPS) is 11.0. The molecule has 0 aliphatic heterocycles. The molecule has 3 heterocycles. The van der Waals surface area contributed by atoms with E-state index in [9.17, 15) is 9.59 Å². The monoisotopic (exact) mass is 385 g/mol. The molecule has 9 heteroatoms. The van der Waals surface area contributed by atoms with Gasteiger partial charge in [-0.15, -0.1) is 11.3 Å². The van der Waals surface area contributed by atoms with Crippen LogP contribution in [0.4, 0.5) is 5.82 Å². The number of hydrogen-bond acceptors (Lipinski definition) is 5. The first-order valence-electron chi connectivity index (χ1n) is 7.65. The Morgan fingerprint density at radius 3 is 2.92 bits per heavy atom. The van der Waals surface area contributed by atoms with Crippen molar-refractivity contribution in [1.82, 2.24) is 19.2 Å². The summed E-state index contributed by atoms with van der Waals surface area (Å²) in [6.07, 6.45) is 4.60. The summed E-state index contributed by atoms with van der Waals surface area (Å²) < 4.78 is 3.00. The lowest BCUT2D eigenvalue weighted by Crippen LogP contribution is -2.26. The second kappa shape index (κ2) is 6.74. The van der Waals surface area contributed by atoms with Crippen molar-refractivity contribution in [1.29, 1.82) is 0 Å². The van der Waals surface area contributed by atoms with Crippen LogP contribution in [-0.4, -0.2) is 25.1 Å². The van der Waals surface area contributed by atoms with Crippen LogP contribution in [0.2, 0.25) is 5.02 Å². The van der Waals surface area contributed by atoms with Crippen LogP contribution in [-0.2, 0) is 6.54 Å². The predicted molar refractivity (Wildman–Crippen MR) is 100 cm³/mol. The van der Waals surface area contributed by atoms with E-state index in [1.807, 2.05) is 24.3 Å². The maximum atomic E-state index is 12.4. The Morgan fingerprint density at radius 1 is 1.23 bits per heavy atom. The van der Waals surface area contributed by atoms with Gasteiger partial charge in [0.15, 0.2) is 10.8 Å². The third-order valence-corrected chi connectivity index (χ3v) is 4.90. The van der Waals surface area contributed by atoms with Crippen LogP contribution in [0.25, 0.3) is 4.96 Å². The van der Waals surface area contributed by atoms with Crippen molar-refractivity contribution in [2.75, 3.05) is 5.32 Å². The highest BCUT2D eigenvalue weighted by atomic mass is 35.5. The Kier molecular flexibility index (Phi) is 4.27. The standard InChI is InChI=1S/C17H12ClN5O2S/c18-13-4-2-1-3-11(13)10-22-6-5-14(21-22)20-15(24)12-9-19-17-23(16(12)25)7-8-26-17/h1-9H,10H2,(H,20,21,24). The topological polar surface area (TPSA) is 81.3 Å². The van der Waals surface area contributed by atoms with Crippen molar-refractivity contribution in [3.8, 4) is 0 Å². The number of anilines is 1. The van der Waals surface area contributed by atoms with Gasteiger partial charge in [0.2, 0.25) is 0 Å². The molecule has 26 heavy (non-hydrogen) atoms. The van der Waals surface area contributed by atoms with Gasteiger partial charge in [0, 0.05) is 35.1 Å². The maximum Gasteiger partial charge on any atom is 0.271 e. The Morgan fingerprint density at radius 2 is 2.08 bits per heavy atom. The van der Waals surface area contributed by atoms with E-state index in [0.717, 1.165) is 5.56 Å². The number of benzene rings is 1. The summed E-state index contributed by atoms with van der Waals surface area (Å²) in [7, 11) is 0. The van der Waals surface area contributed by atoms with E-state index in [0.29, 0.717) is 22.3 Å². The summed E-state index contributed by atoms with van der Waals surface area (Å²) in [5.41, 5.74) is 0.464. The summed E-state index contributed by atoms with van der Waals surface area (Å²) in [6, 6.07) is 9.13. The van der Waals surface area contributed by atoms with Crippen molar-refractivity contribution < 1.29 is 4.79 Å². The molecule has 3 aromatic heterocycles. The Bertz CT molecular complexity index is 1160. The number of thiazole rings is 1. The van der Waals surface area contributed by atoms with E-state index < -0.39 is 11.5 Å². The SMILES string of the molecule is O=C(Nc1ccn(Cc2ccccc2Cl)n1)c1cnc2sccn2c1=O. The van der Waals surface area contributed by atoms with E-state index in [-0.39, 0.29) is 5.56 Å². The summed E-state index contributed by atoms with van der Waals surface area (Å²) in [5.74, 6) is -0.206. The fraction of sp³-hybridized carbons (Fsp3) is 0.0588. The van der Waals surface area contributed by atoms with Crippen LogP contribution in [0, 0.1) is 0 Å². The number of carbonyl (C=O) groups is 1. The smallest absolute Gasteiger partial charge is 0.271 e. The first kappa shape index (κ1) is 16.5. The predicted octanol–water partition coefficient (Wildman–Crippen LogP) is 2.91. The molecule has 0 spiro atoms. The largest absolute Gasteiger partial charge is 0.305 e. The number of fused-ring (bicyclic) bond motifs is 1. The number of carbonyl (C=O) groups excluding carboxylic acids is 1. The molecular formula is C17H12ClN5O2S. The van der Waals surface area contributed by atoms with E-state index in [1.165, 1.54) is 21.9 Å². The van der Waals surface area contributed by atoms with Crippen molar-refractivity contribution in [3.05, 3.63) is 80.8 Å². The quantitative estimate of drug-likeness (QED) is 0.585. The minimum Gasteiger partial charge on any atom is -0.305 e. The van der Waals surface area contributed by atoms with E-state index >= 15 is 0 Å². The van der Waals surface area contributed by atoms with Crippen molar-refractivity contribution in [2.45, 2.75) is 6.54 Å². The maximum absolute atomic E-state index is 12.4. The highest BCUT2D eigenvalue weighted by molar-refractivity contribution is 7.15. The van der Waals surface area contributed by atoms with Gasteiger partial charge in [-0.3, -0.25) is 18.7 Å². The lowest BCUT2D eigenvalue weighted by atomic mass is 10.2. The minimum absolute atomic E-state index is 0.0402.